The monoisotopic (exact) mass is 320 g/mol. The summed E-state index contributed by atoms with van der Waals surface area (Å²) in [6.07, 6.45) is 0. The number of halogens is 1. The van der Waals surface area contributed by atoms with Gasteiger partial charge in [-0.15, -0.1) is 0 Å². The zero-order valence-electron chi connectivity index (χ0n) is 12.6. The van der Waals surface area contributed by atoms with Crippen molar-refractivity contribution in [1.29, 1.82) is 0 Å². The fraction of sp³-hybridized carbons (Fsp3) is 0.0526. The first-order valence-corrected chi connectivity index (χ1v) is 7.49. The number of hydrogen-bond donors (Lipinski definition) is 0. The van der Waals surface area contributed by atoms with Crippen LogP contribution in [0.15, 0.2) is 71.3 Å². The Labute approximate surface area is 137 Å². The Bertz CT molecular complexity index is 992. The summed E-state index contributed by atoms with van der Waals surface area (Å²) in [6, 6.07) is 19.9. The minimum absolute atomic E-state index is 0.173. The van der Waals surface area contributed by atoms with Gasteiger partial charge in [0.25, 0.3) is 5.89 Å². The first-order chi connectivity index (χ1) is 11.8. The van der Waals surface area contributed by atoms with Crippen LogP contribution >= 0.6 is 0 Å². The van der Waals surface area contributed by atoms with Gasteiger partial charge in [0.2, 0.25) is 5.82 Å². The van der Waals surface area contributed by atoms with Crippen LogP contribution in [0.1, 0.15) is 5.82 Å². The van der Waals surface area contributed by atoms with Crippen molar-refractivity contribution in [1.82, 2.24) is 10.1 Å². The third-order valence-corrected chi connectivity index (χ3v) is 3.65. The highest BCUT2D eigenvalue weighted by Gasteiger charge is 2.10. The molecule has 1 aromatic heterocycles. The van der Waals surface area contributed by atoms with Gasteiger partial charge in [0.15, 0.2) is 6.61 Å². The van der Waals surface area contributed by atoms with Gasteiger partial charge in [-0.2, -0.15) is 4.98 Å². The smallest absolute Gasteiger partial charge is 0.258 e. The molecule has 0 spiro atoms. The molecular weight excluding hydrogens is 307 g/mol. The molecule has 4 rings (SSSR count). The molecule has 5 heteroatoms. The van der Waals surface area contributed by atoms with Crippen molar-refractivity contribution in [3.63, 3.8) is 0 Å². The van der Waals surface area contributed by atoms with E-state index in [9.17, 15) is 4.39 Å². The lowest BCUT2D eigenvalue weighted by atomic mass is 10.1. The number of benzene rings is 3. The Kier molecular flexibility index (Phi) is 3.67. The highest BCUT2D eigenvalue weighted by Crippen LogP contribution is 2.26. The molecule has 0 aliphatic carbocycles. The van der Waals surface area contributed by atoms with Gasteiger partial charge in [-0.05, 0) is 29.7 Å². The summed E-state index contributed by atoms with van der Waals surface area (Å²) in [7, 11) is 0. The Morgan fingerprint density at radius 3 is 2.71 bits per heavy atom. The van der Waals surface area contributed by atoms with Crippen molar-refractivity contribution < 1.29 is 13.7 Å². The summed E-state index contributed by atoms with van der Waals surface area (Å²) < 4.78 is 24.3. The number of aromatic nitrogens is 2. The van der Waals surface area contributed by atoms with E-state index in [2.05, 4.69) is 10.1 Å². The molecule has 0 radical (unpaired) electrons. The lowest BCUT2D eigenvalue weighted by Crippen LogP contribution is -1.98. The average molecular weight is 320 g/mol. The van der Waals surface area contributed by atoms with Crippen molar-refractivity contribution in [2.75, 3.05) is 0 Å². The molecule has 4 nitrogen and oxygen atoms in total. The molecule has 0 aliphatic rings. The fourth-order valence-corrected chi connectivity index (χ4v) is 2.52. The molecule has 0 bridgehead atoms. The molecule has 0 unspecified atom stereocenters. The highest BCUT2D eigenvalue weighted by atomic mass is 19.1. The van der Waals surface area contributed by atoms with Gasteiger partial charge in [-0.3, -0.25) is 0 Å². The molecule has 0 N–H and O–H groups in total. The van der Waals surface area contributed by atoms with Crippen LogP contribution in [-0.2, 0) is 6.61 Å². The van der Waals surface area contributed by atoms with E-state index < -0.39 is 0 Å². The highest BCUT2D eigenvalue weighted by molar-refractivity contribution is 5.88. The third kappa shape index (κ3) is 2.84. The van der Waals surface area contributed by atoms with Crippen molar-refractivity contribution in [2.45, 2.75) is 6.61 Å². The number of fused-ring (bicyclic) bond motifs is 1. The topological polar surface area (TPSA) is 48.2 Å². The molecule has 0 aliphatic heterocycles. The molecule has 0 saturated carbocycles. The minimum atomic E-state index is -0.348. The van der Waals surface area contributed by atoms with E-state index >= 15 is 0 Å². The van der Waals surface area contributed by atoms with E-state index in [-0.39, 0.29) is 18.3 Å². The molecule has 3 aromatic carbocycles. The molecule has 0 saturated heterocycles. The van der Waals surface area contributed by atoms with Crippen LogP contribution in [0.4, 0.5) is 4.39 Å². The largest absolute Gasteiger partial charge is 0.485 e. The van der Waals surface area contributed by atoms with Crippen molar-refractivity contribution >= 4 is 10.8 Å². The van der Waals surface area contributed by atoms with Crippen molar-refractivity contribution in [3.05, 3.63) is 78.4 Å². The molecule has 1 heterocycles. The van der Waals surface area contributed by atoms with Gasteiger partial charge in [-0.1, -0.05) is 47.6 Å². The van der Waals surface area contributed by atoms with Gasteiger partial charge in [0.05, 0.1) is 0 Å². The summed E-state index contributed by atoms with van der Waals surface area (Å²) in [4.78, 5) is 4.25. The minimum Gasteiger partial charge on any atom is -0.485 e. The zero-order valence-corrected chi connectivity index (χ0v) is 12.6. The second-order valence-electron chi connectivity index (χ2n) is 5.29. The van der Waals surface area contributed by atoms with E-state index in [0.29, 0.717) is 11.4 Å². The van der Waals surface area contributed by atoms with Crippen LogP contribution in [0.2, 0.25) is 0 Å². The molecule has 4 aromatic rings. The standard InChI is InChI=1S/C19H13FN2O2/c20-15-8-3-7-14(11-15)19-21-18(22-24-19)12-23-17-10-4-6-13-5-1-2-9-16(13)17/h1-11H,12H2. The van der Waals surface area contributed by atoms with Crippen LogP contribution in [0.5, 0.6) is 5.75 Å². The Morgan fingerprint density at radius 1 is 0.958 bits per heavy atom. The number of ether oxygens (including phenoxy) is 1. The SMILES string of the molecule is Fc1cccc(-c2nc(COc3cccc4ccccc34)no2)c1. The number of hydrogen-bond acceptors (Lipinski definition) is 4. The summed E-state index contributed by atoms with van der Waals surface area (Å²) in [5.41, 5.74) is 0.541. The normalized spacial score (nSPS) is 10.9. The van der Waals surface area contributed by atoms with Crippen LogP contribution in [0.25, 0.3) is 22.2 Å². The lowest BCUT2D eigenvalue weighted by Gasteiger charge is -2.07. The first-order valence-electron chi connectivity index (χ1n) is 7.49. The maximum absolute atomic E-state index is 13.3. The molecular formula is C19H13FN2O2. The third-order valence-electron chi connectivity index (χ3n) is 3.65. The van der Waals surface area contributed by atoms with Crippen LogP contribution in [0, 0.1) is 5.82 Å². The summed E-state index contributed by atoms with van der Waals surface area (Å²) in [5, 5.41) is 6.01. The van der Waals surface area contributed by atoms with E-state index in [1.54, 1.807) is 12.1 Å². The van der Waals surface area contributed by atoms with E-state index in [1.165, 1.54) is 12.1 Å². The first kappa shape index (κ1) is 14.4. The molecule has 118 valence electrons. The summed E-state index contributed by atoms with van der Waals surface area (Å²) >= 11 is 0. The van der Waals surface area contributed by atoms with Gasteiger partial charge in [-0.25, -0.2) is 4.39 Å². The summed E-state index contributed by atoms with van der Waals surface area (Å²) in [5.74, 6) is 1.08. The second-order valence-corrected chi connectivity index (χ2v) is 5.29. The molecule has 0 atom stereocenters. The van der Waals surface area contributed by atoms with Crippen molar-refractivity contribution in [2.24, 2.45) is 0 Å². The molecule has 0 amide bonds. The van der Waals surface area contributed by atoms with Crippen LogP contribution in [0.3, 0.4) is 0 Å². The molecule has 24 heavy (non-hydrogen) atoms. The van der Waals surface area contributed by atoms with Gasteiger partial charge in [0, 0.05) is 10.9 Å². The van der Waals surface area contributed by atoms with Crippen LogP contribution in [-0.4, -0.2) is 10.1 Å². The zero-order chi connectivity index (χ0) is 16.4. The average Bonchev–Trinajstić information content (AvgIpc) is 3.09. The lowest BCUT2D eigenvalue weighted by molar-refractivity contribution is 0.290. The maximum Gasteiger partial charge on any atom is 0.258 e. The van der Waals surface area contributed by atoms with E-state index in [4.69, 9.17) is 9.26 Å². The summed E-state index contributed by atoms with van der Waals surface area (Å²) in [6.45, 7) is 0.173. The Morgan fingerprint density at radius 2 is 1.79 bits per heavy atom. The fourth-order valence-electron chi connectivity index (χ4n) is 2.52. The van der Waals surface area contributed by atoms with Gasteiger partial charge in [0.1, 0.15) is 11.6 Å². The van der Waals surface area contributed by atoms with Gasteiger partial charge < -0.3 is 9.26 Å². The second kappa shape index (κ2) is 6.12. The van der Waals surface area contributed by atoms with E-state index in [1.807, 2.05) is 42.5 Å². The maximum atomic E-state index is 13.3. The van der Waals surface area contributed by atoms with Crippen LogP contribution < -0.4 is 4.74 Å². The van der Waals surface area contributed by atoms with E-state index in [0.717, 1.165) is 16.5 Å². The number of rotatable bonds is 4. The predicted octanol–water partition coefficient (Wildman–Crippen LogP) is 4.61. The number of nitrogens with zero attached hydrogens (tertiary/aromatic N) is 2. The molecule has 0 fully saturated rings. The Hall–Kier alpha value is -3.21. The predicted molar refractivity (Wildman–Crippen MR) is 88.0 cm³/mol. The van der Waals surface area contributed by atoms with Crippen molar-refractivity contribution in [3.8, 4) is 17.2 Å². The quantitative estimate of drug-likeness (QED) is 0.551. The van der Waals surface area contributed by atoms with Gasteiger partial charge >= 0.3 is 0 Å². The Balaban J connectivity index is 1.54.